The molecule has 0 spiro atoms. The molecule has 3 rings (SSSR count). The van der Waals surface area contributed by atoms with Crippen LogP contribution in [-0.4, -0.2) is 36.5 Å². The van der Waals surface area contributed by atoms with Crippen LogP contribution in [0.1, 0.15) is 24.5 Å². The third-order valence-electron chi connectivity index (χ3n) is 4.13. The largest absolute Gasteiger partial charge is 0.384 e. The Hall–Kier alpha value is -1.55. The molecule has 4 heteroatoms. The van der Waals surface area contributed by atoms with Gasteiger partial charge in [-0.2, -0.15) is 0 Å². The standard InChI is InChI=1S/C15H21N3O/c1-2-13-15(19)17-8-9-18(13)10-12-5-3-4-11-6-7-16-14(11)12/h3-5,13,16H,2,6-10H2,1H3,(H,17,19). The minimum absolute atomic E-state index is 0.0195. The second kappa shape index (κ2) is 5.21. The smallest absolute Gasteiger partial charge is 0.237 e. The second-order valence-corrected chi connectivity index (χ2v) is 5.31. The van der Waals surface area contributed by atoms with Crippen LogP contribution < -0.4 is 10.6 Å². The number of hydrogen-bond acceptors (Lipinski definition) is 3. The van der Waals surface area contributed by atoms with Crippen molar-refractivity contribution in [1.82, 2.24) is 10.2 Å². The summed E-state index contributed by atoms with van der Waals surface area (Å²) in [5, 5.41) is 6.43. The summed E-state index contributed by atoms with van der Waals surface area (Å²) >= 11 is 0. The third kappa shape index (κ3) is 2.32. The summed E-state index contributed by atoms with van der Waals surface area (Å²) in [6, 6.07) is 6.52. The molecule has 1 amide bonds. The number of fused-ring (bicyclic) bond motifs is 1. The van der Waals surface area contributed by atoms with E-state index in [9.17, 15) is 4.79 Å². The van der Waals surface area contributed by atoms with Gasteiger partial charge in [0.25, 0.3) is 0 Å². The Morgan fingerprint density at radius 1 is 1.32 bits per heavy atom. The fourth-order valence-electron chi connectivity index (χ4n) is 3.16. The van der Waals surface area contributed by atoms with Crippen LogP contribution in [-0.2, 0) is 17.8 Å². The van der Waals surface area contributed by atoms with Crippen molar-refractivity contribution in [3.8, 4) is 0 Å². The highest BCUT2D eigenvalue weighted by atomic mass is 16.2. The summed E-state index contributed by atoms with van der Waals surface area (Å²) in [5.41, 5.74) is 4.03. The van der Waals surface area contributed by atoms with Gasteiger partial charge in [0.1, 0.15) is 0 Å². The van der Waals surface area contributed by atoms with Crippen molar-refractivity contribution >= 4 is 11.6 Å². The van der Waals surface area contributed by atoms with Crippen LogP contribution in [0.4, 0.5) is 5.69 Å². The molecule has 2 aliphatic rings. The Morgan fingerprint density at radius 2 is 2.21 bits per heavy atom. The summed E-state index contributed by atoms with van der Waals surface area (Å²) in [7, 11) is 0. The van der Waals surface area contributed by atoms with Crippen molar-refractivity contribution in [3.63, 3.8) is 0 Å². The van der Waals surface area contributed by atoms with Crippen molar-refractivity contribution in [1.29, 1.82) is 0 Å². The molecule has 1 aromatic rings. The lowest BCUT2D eigenvalue weighted by atomic mass is 10.0. The number of nitrogens with zero attached hydrogens (tertiary/aromatic N) is 1. The van der Waals surface area contributed by atoms with E-state index in [1.807, 2.05) is 0 Å². The lowest BCUT2D eigenvalue weighted by Crippen LogP contribution is -2.54. The van der Waals surface area contributed by atoms with Gasteiger partial charge in [-0.05, 0) is 24.0 Å². The van der Waals surface area contributed by atoms with Gasteiger partial charge in [0, 0.05) is 31.9 Å². The monoisotopic (exact) mass is 259 g/mol. The van der Waals surface area contributed by atoms with Gasteiger partial charge in [0.15, 0.2) is 0 Å². The molecule has 2 aliphatic heterocycles. The SMILES string of the molecule is CCC1C(=O)NCCN1Cc1cccc2c1NCC2. The maximum Gasteiger partial charge on any atom is 0.237 e. The average Bonchev–Trinajstić information content (AvgIpc) is 2.88. The van der Waals surface area contributed by atoms with Crippen LogP contribution in [0.15, 0.2) is 18.2 Å². The van der Waals surface area contributed by atoms with Crippen molar-refractivity contribution in [2.45, 2.75) is 32.4 Å². The van der Waals surface area contributed by atoms with Crippen molar-refractivity contribution in [2.24, 2.45) is 0 Å². The van der Waals surface area contributed by atoms with E-state index < -0.39 is 0 Å². The fourth-order valence-corrected chi connectivity index (χ4v) is 3.16. The Bertz CT molecular complexity index is 486. The van der Waals surface area contributed by atoms with Crippen molar-refractivity contribution in [3.05, 3.63) is 29.3 Å². The summed E-state index contributed by atoms with van der Waals surface area (Å²) in [6.07, 6.45) is 1.98. The summed E-state index contributed by atoms with van der Waals surface area (Å²) < 4.78 is 0. The number of piperazine rings is 1. The van der Waals surface area contributed by atoms with E-state index in [0.29, 0.717) is 0 Å². The minimum Gasteiger partial charge on any atom is -0.384 e. The minimum atomic E-state index is 0.0195. The highest BCUT2D eigenvalue weighted by Crippen LogP contribution is 2.28. The maximum absolute atomic E-state index is 11.9. The molecule has 1 saturated heterocycles. The topological polar surface area (TPSA) is 44.4 Å². The number of para-hydroxylation sites is 1. The van der Waals surface area contributed by atoms with Gasteiger partial charge in [-0.1, -0.05) is 25.1 Å². The molecular weight excluding hydrogens is 238 g/mol. The second-order valence-electron chi connectivity index (χ2n) is 5.31. The lowest BCUT2D eigenvalue weighted by molar-refractivity contribution is -0.129. The number of anilines is 1. The van der Waals surface area contributed by atoms with Crippen molar-refractivity contribution < 1.29 is 4.79 Å². The molecule has 2 N–H and O–H groups in total. The first kappa shape index (κ1) is 12.5. The van der Waals surface area contributed by atoms with Gasteiger partial charge in [0.05, 0.1) is 6.04 Å². The molecule has 19 heavy (non-hydrogen) atoms. The number of nitrogens with one attached hydrogen (secondary N) is 2. The third-order valence-corrected chi connectivity index (χ3v) is 4.13. The first-order valence-electron chi connectivity index (χ1n) is 7.16. The van der Waals surface area contributed by atoms with E-state index in [4.69, 9.17) is 0 Å². The van der Waals surface area contributed by atoms with E-state index in [2.05, 4.69) is 40.7 Å². The van der Waals surface area contributed by atoms with Gasteiger partial charge >= 0.3 is 0 Å². The van der Waals surface area contributed by atoms with Crippen molar-refractivity contribution in [2.75, 3.05) is 25.0 Å². The maximum atomic E-state index is 11.9. The Labute approximate surface area is 114 Å². The molecular formula is C15H21N3O. The predicted octanol–water partition coefficient (Wildman–Crippen LogP) is 1.36. The fraction of sp³-hybridized carbons (Fsp3) is 0.533. The summed E-state index contributed by atoms with van der Waals surface area (Å²) in [5.74, 6) is 0.175. The Balaban J connectivity index is 1.81. The molecule has 1 atom stereocenters. The van der Waals surface area contributed by atoms with Crippen LogP contribution in [0.3, 0.4) is 0 Å². The molecule has 2 heterocycles. The molecule has 1 aromatic carbocycles. The molecule has 102 valence electrons. The number of carbonyl (C=O) groups excluding carboxylic acids is 1. The van der Waals surface area contributed by atoms with Crippen LogP contribution >= 0.6 is 0 Å². The quantitative estimate of drug-likeness (QED) is 0.861. The average molecular weight is 259 g/mol. The molecule has 1 unspecified atom stereocenters. The molecule has 0 bridgehead atoms. The van der Waals surface area contributed by atoms with Gasteiger partial charge in [0.2, 0.25) is 5.91 Å². The van der Waals surface area contributed by atoms with Gasteiger partial charge < -0.3 is 10.6 Å². The van der Waals surface area contributed by atoms with Gasteiger partial charge in [-0.25, -0.2) is 0 Å². The molecule has 0 aliphatic carbocycles. The number of hydrogen-bond donors (Lipinski definition) is 2. The predicted molar refractivity (Wildman–Crippen MR) is 76.1 cm³/mol. The zero-order valence-electron chi connectivity index (χ0n) is 11.4. The lowest BCUT2D eigenvalue weighted by Gasteiger charge is -2.34. The van der Waals surface area contributed by atoms with Gasteiger partial charge in [-0.15, -0.1) is 0 Å². The molecule has 0 saturated carbocycles. The highest BCUT2D eigenvalue weighted by Gasteiger charge is 2.28. The van der Waals surface area contributed by atoms with E-state index in [1.54, 1.807) is 0 Å². The van der Waals surface area contributed by atoms with E-state index in [0.717, 1.165) is 39.0 Å². The first-order chi connectivity index (χ1) is 9.29. The van der Waals surface area contributed by atoms with E-state index in [1.165, 1.54) is 16.8 Å². The van der Waals surface area contributed by atoms with E-state index in [-0.39, 0.29) is 11.9 Å². The van der Waals surface area contributed by atoms with Crippen LogP contribution in [0, 0.1) is 0 Å². The normalized spacial score (nSPS) is 22.8. The number of amides is 1. The zero-order chi connectivity index (χ0) is 13.2. The number of carbonyl (C=O) groups is 1. The molecule has 4 nitrogen and oxygen atoms in total. The summed E-state index contributed by atoms with van der Waals surface area (Å²) in [4.78, 5) is 14.2. The van der Waals surface area contributed by atoms with Gasteiger partial charge in [-0.3, -0.25) is 9.69 Å². The Kier molecular flexibility index (Phi) is 3.42. The van der Waals surface area contributed by atoms with Crippen LogP contribution in [0.2, 0.25) is 0 Å². The first-order valence-corrected chi connectivity index (χ1v) is 7.16. The Morgan fingerprint density at radius 3 is 3.05 bits per heavy atom. The highest BCUT2D eigenvalue weighted by molar-refractivity contribution is 5.82. The van der Waals surface area contributed by atoms with Crippen LogP contribution in [0.5, 0.6) is 0 Å². The number of benzene rings is 1. The summed E-state index contributed by atoms with van der Waals surface area (Å²) in [6.45, 7) is 5.67. The van der Waals surface area contributed by atoms with E-state index >= 15 is 0 Å². The number of rotatable bonds is 3. The van der Waals surface area contributed by atoms with Crippen LogP contribution in [0.25, 0.3) is 0 Å². The molecule has 0 aromatic heterocycles. The zero-order valence-corrected chi connectivity index (χ0v) is 11.4. The molecule has 1 fully saturated rings. The molecule has 0 radical (unpaired) electrons.